The van der Waals surface area contributed by atoms with E-state index in [2.05, 4.69) is 6.58 Å². The lowest BCUT2D eigenvalue weighted by Crippen LogP contribution is -2.28. The van der Waals surface area contributed by atoms with E-state index in [0.717, 1.165) is 18.4 Å². The minimum Gasteiger partial charge on any atom is -0.466 e. The Morgan fingerprint density at radius 2 is 1.96 bits per heavy atom. The first-order valence-electron chi connectivity index (χ1n) is 8.23. The quantitative estimate of drug-likeness (QED) is 0.477. The Hall–Kier alpha value is -2.36. The van der Waals surface area contributed by atoms with Crippen molar-refractivity contribution in [1.29, 1.82) is 0 Å². The van der Waals surface area contributed by atoms with Crippen molar-refractivity contribution in [2.45, 2.75) is 39.2 Å². The number of rotatable bonds is 10. The summed E-state index contributed by atoms with van der Waals surface area (Å²) in [7, 11) is 0. The molecule has 0 amide bonds. The van der Waals surface area contributed by atoms with Crippen LogP contribution in [0, 0.1) is 5.92 Å². The van der Waals surface area contributed by atoms with Gasteiger partial charge in [0.05, 0.1) is 13.0 Å². The van der Waals surface area contributed by atoms with Gasteiger partial charge in [-0.15, -0.1) is 6.58 Å². The summed E-state index contributed by atoms with van der Waals surface area (Å²) in [5, 5.41) is 0. The van der Waals surface area contributed by atoms with Crippen LogP contribution in [-0.2, 0) is 19.1 Å². The summed E-state index contributed by atoms with van der Waals surface area (Å²) >= 11 is 0. The van der Waals surface area contributed by atoms with Gasteiger partial charge in [-0.05, 0) is 25.3 Å². The molecule has 0 unspecified atom stereocenters. The molecular formula is C20H26O4. The number of esters is 2. The van der Waals surface area contributed by atoms with Crippen LogP contribution in [0.5, 0.6) is 0 Å². The second-order valence-corrected chi connectivity index (χ2v) is 5.46. The van der Waals surface area contributed by atoms with E-state index >= 15 is 0 Å². The molecule has 0 aromatic heterocycles. The molecular weight excluding hydrogens is 304 g/mol. The van der Waals surface area contributed by atoms with E-state index in [4.69, 9.17) is 9.47 Å². The van der Waals surface area contributed by atoms with Crippen LogP contribution in [0.1, 0.15) is 38.7 Å². The van der Waals surface area contributed by atoms with E-state index in [0.29, 0.717) is 6.61 Å². The molecule has 0 bridgehead atoms. The molecule has 130 valence electrons. The smallest absolute Gasteiger partial charge is 0.309 e. The third-order valence-electron chi connectivity index (χ3n) is 3.51. The molecule has 1 aromatic carbocycles. The largest absolute Gasteiger partial charge is 0.466 e. The molecule has 0 spiro atoms. The lowest BCUT2D eigenvalue weighted by atomic mass is 9.93. The highest BCUT2D eigenvalue weighted by atomic mass is 16.6. The first-order chi connectivity index (χ1) is 11.6. The Kier molecular flexibility index (Phi) is 9.20. The molecule has 0 N–H and O–H groups in total. The summed E-state index contributed by atoms with van der Waals surface area (Å²) in [6.07, 6.45) is 6.81. The van der Waals surface area contributed by atoms with Gasteiger partial charge in [-0.25, -0.2) is 0 Å². The van der Waals surface area contributed by atoms with Crippen LogP contribution < -0.4 is 0 Å². The zero-order chi connectivity index (χ0) is 17.8. The molecule has 0 aliphatic rings. The average Bonchev–Trinajstić information content (AvgIpc) is 2.55. The summed E-state index contributed by atoms with van der Waals surface area (Å²) in [5.41, 5.74) is 1.05. The Morgan fingerprint density at radius 1 is 1.25 bits per heavy atom. The van der Waals surface area contributed by atoms with Crippen LogP contribution in [0.3, 0.4) is 0 Å². The molecule has 24 heavy (non-hydrogen) atoms. The molecule has 0 radical (unpaired) electrons. The SMILES string of the molecule is C=CCC[C@H](/C=C/c1ccccc1)[C@H](CC(=O)OCC)OC(C)=O. The van der Waals surface area contributed by atoms with Crippen LogP contribution in [0.2, 0.25) is 0 Å². The summed E-state index contributed by atoms with van der Waals surface area (Å²) in [6.45, 7) is 7.15. The van der Waals surface area contributed by atoms with E-state index in [1.165, 1.54) is 6.92 Å². The first kappa shape index (κ1) is 19.7. The summed E-state index contributed by atoms with van der Waals surface area (Å²) in [4.78, 5) is 23.3. The Balaban J connectivity index is 2.92. The highest BCUT2D eigenvalue weighted by Gasteiger charge is 2.25. The number of benzene rings is 1. The van der Waals surface area contributed by atoms with E-state index < -0.39 is 12.1 Å². The fourth-order valence-corrected chi connectivity index (χ4v) is 2.39. The molecule has 0 aliphatic carbocycles. The van der Waals surface area contributed by atoms with Crippen LogP contribution in [-0.4, -0.2) is 24.6 Å². The van der Waals surface area contributed by atoms with Gasteiger partial charge in [-0.3, -0.25) is 9.59 Å². The Morgan fingerprint density at radius 3 is 2.54 bits per heavy atom. The monoisotopic (exact) mass is 330 g/mol. The Bertz CT molecular complexity index is 548. The van der Waals surface area contributed by atoms with Crippen molar-refractivity contribution >= 4 is 18.0 Å². The number of allylic oxidation sites excluding steroid dienone is 1. The molecule has 4 nitrogen and oxygen atoms in total. The second-order valence-electron chi connectivity index (χ2n) is 5.46. The molecule has 0 saturated carbocycles. The predicted octanol–water partition coefficient (Wildman–Crippen LogP) is 4.17. The fraction of sp³-hybridized carbons (Fsp3) is 0.400. The highest BCUT2D eigenvalue weighted by Crippen LogP contribution is 2.22. The normalized spacial score (nSPS) is 13.2. The molecule has 0 heterocycles. The third kappa shape index (κ3) is 7.77. The van der Waals surface area contributed by atoms with E-state index in [9.17, 15) is 9.59 Å². The zero-order valence-corrected chi connectivity index (χ0v) is 14.4. The number of carbonyl (C=O) groups excluding carboxylic acids is 2. The van der Waals surface area contributed by atoms with Gasteiger partial charge in [0, 0.05) is 12.8 Å². The number of ether oxygens (including phenoxy) is 2. The maximum atomic E-state index is 11.8. The van der Waals surface area contributed by atoms with Crippen LogP contribution in [0.25, 0.3) is 6.08 Å². The molecule has 4 heteroatoms. The van der Waals surface area contributed by atoms with Gasteiger partial charge in [-0.2, -0.15) is 0 Å². The molecule has 0 saturated heterocycles. The number of hydrogen-bond acceptors (Lipinski definition) is 4. The van der Waals surface area contributed by atoms with Crippen molar-refractivity contribution < 1.29 is 19.1 Å². The van der Waals surface area contributed by atoms with Crippen molar-refractivity contribution in [3.63, 3.8) is 0 Å². The van der Waals surface area contributed by atoms with Gasteiger partial charge in [-0.1, -0.05) is 48.6 Å². The lowest BCUT2D eigenvalue weighted by Gasteiger charge is -2.23. The standard InChI is InChI=1S/C20H26O4/c1-4-6-12-18(14-13-17-10-8-7-9-11-17)19(24-16(3)21)15-20(22)23-5-2/h4,7-11,13-14,18-19H,1,5-6,12,15H2,2-3H3/b14-13+/t18-,19+/m1/s1. The van der Waals surface area contributed by atoms with Gasteiger partial charge >= 0.3 is 11.9 Å². The van der Waals surface area contributed by atoms with Crippen LogP contribution >= 0.6 is 0 Å². The number of carbonyl (C=O) groups is 2. The van der Waals surface area contributed by atoms with Crippen molar-refractivity contribution in [1.82, 2.24) is 0 Å². The second kappa shape index (κ2) is 11.2. The summed E-state index contributed by atoms with van der Waals surface area (Å²) in [5.74, 6) is -0.849. The maximum Gasteiger partial charge on any atom is 0.309 e. The highest BCUT2D eigenvalue weighted by molar-refractivity contribution is 5.71. The third-order valence-corrected chi connectivity index (χ3v) is 3.51. The minimum absolute atomic E-state index is 0.0500. The zero-order valence-electron chi connectivity index (χ0n) is 14.4. The first-order valence-corrected chi connectivity index (χ1v) is 8.23. The average molecular weight is 330 g/mol. The van der Waals surface area contributed by atoms with Gasteiger partial charge in [0.15, 0.2) is 0 Å². The van der Waals surface area contributed by atoms with Crippen molar-refractivity contribution in [3.8, 4) is 0 Å². The van der Waals surface area contributed by atoms with E-state index in [-0.39, 0.29) is 18.3 Å². The fourth-order valence-electron chi connectivity index (χ4n) is 2.39. The van der Waals surface area contributed by atoms with Crippen molar-refractivity contribution in [2.75, 3.05) is 6.61 Å². The predicted molar refractivity (Wildman–Crippen MR) is 95.2 cm³/mol. The lowest BCUT2D eigenvalue weighted by molar-refractivity contribution is -0.155. The molecule has 2 atom stereocenters. The summed E-state index contributed by atoms with van der Waals surface area (Å²) in [6, 6.07) is 9.86. The minimum atomic E-state index is -0.540. The molecule has 0 aliphatic heterocycles. The topological polar surface area (TPSA) is 52.6 Å². The Labute approximate surface area is 144 Å². The molecule has 1 aromatic rings. The van der Waals surface area contributed by atoms with Crippen molar-refractivity contribution in [2.24, 2.45) is 5.92 Å². The van der Waals surface area contributed by atoms with Crippen LogP contribution in [0.4, 0.5) is 0 Å². The number of hydrogen-bond donors (Lipinski definition) is 0. The van der Waals surface area contributed by atoms with E-state index in [1.807, 2.05) is 48.6 Å². The summed E-state index contributed by atoms with van der Waals surface area (Å²) < 4.78 is 10.4. The maximum absolute atomic E-state index is 11.8. The van der Waals surface area contributed by atoms with Gasteiger partial charge < -0.3 is 9.47 Å². The van der Waals surface area contributed by atoms with Gasteiger partial charge in [0.2, 0.25) is 0 Å². The van der Waals surface area contributed by atoms with Gasteiger partial charge in [0.25, 0.3) is 0 Å². The molecule has 1 rings (SSSR count). The van der Waals surface area contributed by atoms with Gasteiger partial charge in [0.1, 0.15) is 6.10 Å². The van der Waals surface area contributed by atoms with Crippen LogP contribution in [0.15, 0.2) is 49.1 Å². The van der Waals surface area contributed by atoms with Crippen molar-refractivity contribution in [3.05, 3.63) is 54.6 Å². The van der Waals surface area contributed by atoms with E-state index in [1.54, 1.807) is 6.92 Å². The molecule has 0 fully saturated rings.